The van der Waals surface area contributed by atoms with E-state index in [1.54, 1.807) is 6.20 Å². The number of ether oxygens (including phenoxy) is 1. The molecule has 1 saturated carbocycles. The van der Waals surface area contributed by atoms with Gasteiger partial charge in [-0.1, -0.05) is 37.5 Å². The highest BCUT2D eigenvalue weighted by Gasteiger charge is 2.15. The van der Waals surface area contributed by atoms with Crippen molar-refractivity contribution in [2.75, 3.05) is 11.9 Å². The molecule has 3 aromatic rings. The van der Waals surface area contributed by atoms with Gasteiger partial charge in [-0.15, -0.1) is 0 Å². The summed E-state index contributed by atoms with van der Waals surface area (Å²) in [7, 11) is 0. The van der Waals surface area contributed by atoms with Crippen LogP contribution in [0.25, 0.3) is 10.9 Å². The topological polar surface area (TPSA) is 51.2 Å². The van der Waals surface area contributed by atoms with E-state index < -0.39 is 0 Å². The SMILES string of the molecule is O=C(COc1ccc(C2CCCCC2)cc1)Nc1cccc2ncccc12. The Balaban J connectivity index is 1.35. The molecule has 2 aromatic carbocycles. The number of rotatable bonds is 5. The maximum Gasteiger partial charge on any atom is 0.262 e. The fourth-order valence-electron chi connectivity index (χ4n) is 3.82. The number of benzene rings is 2. The van der Waals surface area contributed by atoms with Crippen LogP contribution in [0.1, 0.15) is 43.6 Å². The van der Waals surface area contributed by atoms with Crippen molar-refractivity contribution >= 4 is 22.5 Å². The summed E-state index contributed by atoms with van der Waals surface area (Å²) in [5.41, 5.74) is 2.99. The molecular formula is C23H24N2O2. The number of pyridine rings is 1. The molecule has 27 heavy (non-hydrogen) atoms. The van der Waals surface area contributed by atoms with E-state index in [0.717, 1.165) is 22.3 Å². The van der Waals surface area contributed by atoms with Crippen LogP contribution in [0.15, 0.2) is 60.8 Å². The van der Waals surface area contributed by atoms with Crippen LogP contribution in [0.5, 0.6) is 5.75 Å². The minimum atomic E-state index is -0.178. The zero-order valence-corrected chi connectivity index (χ0v) is 15.4. The molecule has 1 heterocycles. The maximum atomic E-state index is 12.3. The lowest BCUT2D eigenvalue weighted by Crippen LogP contribution is -2.20. The number of carbonyl (C=O) groups is 1. The highest BCUT2D eigenvalue weighted by atomic mass is 16.5. The van der Waals surface area contributed by atoms with Crippen LogP contribution >= 0.6 is 0 Å². The molecule has 1 aliphatic carbocycles. The second kappa shape index (κ2) is 8.21. The molecule has 0 aliphatic heterocycles. The largest absolute Gasteiger partial charge is 0.484 e. The summed E-state index contributed by atoms with van der Waals surface area (Å²) in [6.45, 7) is -0.0145. The Morgan fingerprint density at radius 1 is 1.00 bits per heavy atom. The van der Waals surface area contributed by atoms with E-state index >= 15 is 0 Å². The van der Waals surface area contributed by atoms with Crippen LogP contribution in [0.3, 0.4) is 0 Å². The Morgan fingerprint density at radius 2 is 1.81 bits per heavy atom. The average Bonchev–Trinajstić information content (AvgIpc) is 2.74. The summed E-state index contributed by atoms with van der Waals surface area (Å²) in [6.07, 6.45) is 8.32. The van der Waals surface area contributed by atoms with E-state index in [1.165, 1.54) is 37.7 Å². The van der Waals surface area contributed by atoms with E-state index in [9.17, 15) is 4.79 Å². The number of fused-ring (bicyclic) bond motifs is 1. The predicted octanol–water partition coefficient (Wildman–Crippen LogP) is 5.30. The molecule has 1 fully saturated rings. The molecule has 0 radical (unpaired) electrons. The number of hydrogen-bond donors (Lipinski definition) is 1. The van der Waals surface area contributed by atoms with E-state index in [1.807, 2.05) is 42.5 Å². The van der Waals surface area contributed by atoms with Crippen molar-refractivity contribution in [3.8, 4) is 5.75 Å². The summed E-state index contributed by atoms with van der Waals surface area (Å²) >= 11 is 0. The lowest BCUT2D eigenvalue weighted by Gasteiger charge is -2.22. The van der Waals surface area contributed by atoms with Crippen molar-refractivity contribution in [2.45, 2.75) is 38.0 Å². The molecule has 0 saturated heterocycles. The summed E-state index contributed by atoms with van der Waals surface area (Å²) in [5, 5.41) is 3.84. The Bertz CT molecular complexity index is 910. The molecule has 0 atom stereocenters. The second-order valence-electron chi connectivity index (χ2n) is 7.12. The van der Waals surface area contributed by atoms with Crippen molar-refractivity contribution in [3.63, 3.8) is 0 Å². The van der Waals surface area contributed by atoms with E-state index in [4.69, 9.17) is 4.74 Å². The molecule has 0 spiro atoms. The van der Waals surface area contributed by atoms with E-state index in [0.29, 0.717) is 5.92 Å². The zero-order valence-electron chi connectivity index (χ0n) is 15.4. The molecule has 0 unspecified atom stereocenters. The number of amides is 1. The van der Waals surface area contributed by atoms with Gasteiger partial charge in [0.25, 0.3) is 5.91 Å². The van der Waals surface area contributed by atoms with Gasteiger partial charge in [-0.2, -0.15) is 0 Å². The highest BCUT2D eigenvalue weighted by molar-refractivity contribution is 6.01. The summed E-state index contributed by atoms with van der Waals surface area (Å²) < 4.78 is 5.67. The number of nitrogens with zero attached hydrogens (tertiary/aromatic N) is 1. The van der Waals surface area contributed by atoms with Gasteiger partial charge in [0.05, 0.1) is 11.2 Å². The number of hydrogen-bond acceptors (Lipinski definition) is 3. The van der Waals surface area contributed by atoms with Crippen molar-refractivity contribution in [1.82, 2.24) is 4.98 Å². The predicted molar refractivity (Wildman–Crippen MR) is 108 cm³/mol. The second-order valence-corrected chi connectivity index (χ2v) is 7.12. The van der Waals surface area contributed by atoms with Crippen LogP contribution in [0.4, 0.5) is 5.69 Å². The Kier molecular flexibility index (Phi) is 5.33. The third-order valence-electron chi connectivity index (χ3n) is 5.25. The molecule has 1 aromatic heterocycles. The fourth-order valence-corrected chi connectivity index (χ4v) is 3.82. The molecule has 0 bridgehead atoms. The molecular weight excluding hydrogens is 336 g/mol. The van der Waals surface area contributed by atoms with E-state index in [2.05, 4.69) is 22.4 Å². The Hall–Kier alpha value is -2.88. The third kappa shape index (κ3) is 4.27. The van der Waals surface area contributed by atoms with E-state index in [-0.39, 0.29) is 12.5 Å². The van der Waals surface area contributed by atoms with Crippen molar-refractivity contribution in [3.05, 3.63) is 66.4 Å². The summed E-state index contributed by atoms with van der Waals surface area (Å²) in [6, 6.07) is 17.7. The standard InChI is InChI=1S/C23H24N2O2/c26-23(25-22-10-4-9-21-20(22)8-5-15-24-21)16-27-19-13-11-18(12-14-19)17-6-2-1-3-7-17/h4-5,8-15,17H,1-3,6-7,16H2,(H,25,26). The zero-order chi connectivity index (χ0) is 18.5. The maximum absolute atomic E-state index is 12.3. The van der Waals surface area contributed by atoms with Gasteiger partial charge in [0.15, 0.2) is 6.61 Å². The van der Waals surface area contributed by atoms with Gasteiger partial charge < -0.3 is 10.1 Å². The first kappa shape index (κ1) is 17.5. The first-order valence-corrected chi connectivity index (χ1v) is 9.66. The van der Waals surface area contributed by atoms with Crippen LogP contribution in [0, 0.1) is 0 Å². The molecule has 4 heteroatoms. The molecule has 1 aliphatic rings. The fraction of sp³-hybridized carbons (Fsp3) is 0.304. The number of carbonyl (C=O) groups excluding carboxylic acids is 1. The van der Waals surface area contributed by atoms with Gasteiger partial charge in [-0.05, 0) is 60.7 Å². The highest BCUT2D eigenvalue weighted by Crippen LogP contribution is 2.33. The number of aromatic nitrogens is 1. The van der Waals surface area contributed by atoms with Crippen molar-refractivity contribution in [2.24, 2.45) is 0 Å². The van der Waals surface area contributed by atoms with Gasteiger partial charge in [0.2, 0.25) is 0 Å². The third-order valence-corrected chi connectivity index (χ3v) is 5.25. The monoisotopic (exact) mass is 360 g/mol. The molecule has 138 valence electrons. The van der Waals surface area contributed by atoms with Crippen LogP contribution in [-0.2, 0) is 4.79 Å². The minimum Gasteiger partial charge on any atom is -0.484 e. The molecule has 1 amide bonds. The van der Waals surface area contributed by atoms with Gasteiger partial charge in [0, 0.05) is 11.6 Å². The van der Waals surface area contributed by atoms with Gasteiger partial charge >= 0.3 is 0 Å². The van der Waals surface area contributed by atoms with Crippen molar-refractivity contribution < 1.29 is 9.53 Å². The molecule has 4 nitrogen and oxygen atoms in total. The van der Waals surface area contributed by atoms with Crippen LogP contribution in [0.2, 0.25) is 0 Å². The van der Waals surface area contributed by atoms with Gasteiger partial charge in [-0.25, -0.2) is 0 Å². The smallest absolute Gasteiger partial charge is 0.262 e. The first-order valence-electron chi connectivity index (χ1n) is 9.66. The van der Waals surface area contributed by atoms with Gasteiger partial charge in [-0.3, -0.25) is 9.78 Å². The van der Waals surface area contributed by atoms with Gasteiger partial charge in [0.1, 0.15) is 5.75 Å². The first-order chi connectivity index (χ1) is 13.3. The molecule has 4 rings (SSSR count). The summed E-state index contributed by atoms with van der Waals surface area (Å²) in [4.78, 5) is 16.6. The molecule has 1 N–H and O–H groups in total. The number of anilines is 1. The minimum absolute atomic E-state index is 0.0145. The van der Waals surface area contributed by atoms with Crippen LogP contribution < -0.4 is 10.1 Å². The van der Waals surface area contributed by atoms with Crippen molar-refractivity contribution in [1.29, 1.82) is 0 Å². The lowest BCUT2D eigenvalue weighted by molar-refractivity contribution is -0.118. The normalized spacial score (nSPS) is 14.8. The summed E-state index contributed by atoms with van der Waals surface area (Å²) in [5.74, 6) is 1.23. The van der Waals surface area contributed by atoms with Crippen LogP contribution in [-0.4, -0.2) is 17.5 Å². The average molecular weight is 360 g/mol. The number of nitrogens with one attached hydrogen (secondary N) is 1. The Morgan fingerprint density at radius 3 is 2.63 bits per heavy atom. The quantitative estimate of drug-likeness (QED) is 0.672. The lowest BCUT2D eigenvalue weighted by atomic mass is 9.84. The Labute approximate surface area is 159 Å².